The summed E-state index contributed by atoms with van der Waals surface area (Å²) in [6.45, 7) is 0. The van der Waals surface area contributed by atoms with E-state index in [9.17, 15) is 4.79 Å². The summed E-state index contributed by atoms with van der Waals surface area (Å²) < 4.78 is 0. The lowest BCUT2D eigenvalue weighted by molar-refractivity contribution is -0.121. The number of anilines is 1. The van der Waals surface area contributed by atoms with Crippen molar-refractivity contribution in [1.29, 1.82) is 0 Å². The maximum absolute atomic E-state index is 11.9. The van der Waals surface area contributed by atoms with Gasteiger partial charge in [-0.25, -0.2) is 0 Å². The molecule has 1 aromatic carbocycles. The second-order valence-corrected chi connectivity index (χ2v) is 5.68. The van der Waals surface area contributed by atoms with Crippen molar-refractivity contribution < 1.29 is 4.79 Å². The van der Waals surface area contributed by atoms with Crippen LogP contribution in [0, 0.1) is 17.8 Å². The Hall–Kier alpha value is -1.51. The number of hydrogen-bond donors (Lipinski definition) is 2. The molecule has 96 valence electrons. The Morgan fingerprint density at radius 1 is 1.17 bits per heavy atom. The van der Waals surface area contributed by atoms with Crippen molar-refractivity contribution in [1.82, 2.24) is 5.43 Å². The lowest BCUT2D eigenvalue weighted by atomic mass is 9.86. The zero-order valence-corrected chi connectivity index (χ0v) is 10.6. The van der Waals surface area contributed by atoms with Gasteiger partial charge in [0.25, 0.3) is 0 Å². The summed E-state index contributed by atoms with van der Waals surface area (Å²) in [7, 11) is 0. The molecular weight excluding hydrogens is 224 g/mol. The van der Waals surface area contributed by atoms with Crippen LogP contribution >= 0.6 is 0 Å². The Morgan fingerprint density at radius 2 is 2.00 bits per heavy atom. The fraction of sp³-hybridized carbons (Fsp3) is 0.533. The average Bonchev–Trinajstić information content (AvgIpc) is 3.00. The molecule has 3 heteroatoms. The van der Waals surface area contributed by atoms with E-state index in [2.05, 4.69) is 10.9 Å². The summed E-state index contributed by atoms with van der Waals surface area (Å²) >= 11 is 0. The number of hydrazine groups is 1. The number of amides is 1. The van der Waals surface area contributed by atoms with Gasteiger partial charge in [-0.15, -0.1) is 0 Å². The number of benzene rings is 1. The molecule has 2 saturated carbocycles. The minimum atomic E-state index is 0.122. The van der Waals surface area contributed by atoms with Crippen LogP contribution < -0.4 is 10.9 Å². The number of carbonyl (C=O) groups is 1. The molecular formula is C15H20N2O. The van der Waals surface area contributed by atoms with Crippen LogP contribution in [0.25, 0.3) is 0 Å². The second-order valence-electron chi connectivity index (χ2n) is 5.68. The summed E-state index contributed by atoms with van der Waals surface area (Å²) in [4.78, 5) is 11.9. The van der Waals surface area contributed by atoms with Crippen molar-refractivity contribution in [3.8, 4) is 0 Å². The van der Waals surface area contributed by atoms with Crippen LogP contribution in [0.15, 0.2) is 30.3 Å². The first-order valence-electron chi connectivity index (χ1n) is 6.91. The lowest BCUT2D eigenvalue weighted by Gasteiger charge is -2.21. The molecule has 18 heavy (non-hydrogen) atoms. The topological polar surface area (TPSA) is 41.1 Å². The van der Waals surface area contributed by atoms with Crippen LogP contribution in [0.2, 0.25) is 0 Å². The van der Waals surface area contributed by atoms with Crippen molar-refractivity contribution in [2.24, 2.45) is 17.8 Å². The normalized spacial score (nSPS) is 29.2. The molecule has 0 radical (unpaired) electrons. The fourth-order valence-electron chi connectivity index (χ4n) is 3.58. The highest BCUT2D eigenvalue weighted by Crippen LogP contribution is 2.49. The molecule has 1 aromatic rings. The van der Waals surface area contributed by atoms with Gasteiger partial charge in [0.15, 0.2) is 0 Å². The first kappa shape index (κ1) is 11.6. The molecule has 2 fully saturated rings. The van der Waals surface area contributed by atoms with Crippen LogP contribution in [0.4, 0.5) is 5.69 Å². The first-order chi connectivity index (χ1) is 8.81. The molecule has 0 saturated heterocycles. The maximum Gasteiger partial charge on any atom is 0.238 e. The number of nitrogens with one attached hydrogen (secondary N) is 2. The smallest absolute Gasteiger partial charge is 0.238 e. The molecule has 3 rings (SSSR count). The summed E-state index contributed by atoms with van der Waals surface area (Å²) in [6.07, 6.45) is 6.05. The molecule has 1 amide bonds. The van der Waals surface area contributed by atoms with Crippen LogP contribution in [-0.4, -0.2) is 5.91 Å². The average molecular weight is 244 g/mol. The molecule has 0 aromatic heterocycles. The van der Waals surface area contributed by atoms with E-state index < -0.39 is 0 Å². The number of hydrogen-bond acceptors (Lipinski definition) is 2. The number of fused-ring (bicyclic) bond motifs is 2. The number of para-hydroxylation sites is 1. The Labute approximate surface area is 108 Å². The summed E-state index contributed by atoms with van der Waals surface area (Å²) in [6, 6.07) is 9.74. The van der Waals surface area contributed by atoms with E-state index in [0.29, 0.717) is 12.3 Å². The van der Waals surface area contributed by atoms with E-state index in [1.54, 1.807) is 0 Å². The summed E-state index contributed by atoms with van der Waals surface area (Å²) in [5, 5.41) is 0. The van der Waals surface area contributed by atoms with Gasteiger partial charge in [0.1, 0.15) is 0 Å². The van der Waals surface area contributed by atoms with Gasteiger partial charge in [0.2, 0.25) is 5.91 Å². The standard InChI is InChI=1S/C15H20N2O/c18-15(17-16-14-4-2-1-3-5-14)10-13-9-11-6-7-12(13)8-11/h1-5,11-13,16H,6-10H2,(H,17,18). The maximum atomic E-state index is 11.9. The quantitative estimate of drug-likeness (QED) is 0.799. The zero-order chi connectivity index (χ0) is 12.4. The highest BCUT2D eigenvalue weighted by atomic mass is 16.2. The zero-order valence-electron chi connectivity index (χ0n) is 10.6. The van der Waals surface area contributed by atoms with Gasteiger partial charge in [-0.05, 0) is 49.1 Å². The fourth-order valence-corrected chi connectivity index (χ4v) is 3.58. The molecule has 2 aliphatic rings. The third kappa shape index (κ3) is 2.50. The van der Waals surface area contributed by atoms with Gasteiger partial charge in [-0.3, -0.25) is 15.6 Å². The predicted molar refractivity (Wildman–Crippen MR) is 71.8 cm³/mol. The molecule has 2 aliphatic carbocycles. The van der Waals surface area contributed by atoms with Gasteiger partial charge < -0.3 is 0 Å². The lowest BCUT2D eigenvalue weighted by Crippen LogP contribution is -2.31. The predicted octanol–water partition coefficient (Wildman–Crippen LogP) is 2.96. The van der Waals surface area contributed by atoms with Crippen LogP contribution in [0.1, 0.15) is 32.1 Å². The van der Waals surface area contributed by atoms with E-state index in [1.165, 1.54) is 25.7 Å². The first-order valence-corrected chi connectivity index (χ1v) is 6.91. The van der Waals surface area contributed by atoms with Crippen LogP contribution in [0.3, 0.4) is 0 Å². The molecule has 3 nitrogen and oxygen atoms in total. The highest BCUT2D eigenvalue weighted by molar-refractivity contribution is 5.77. The van der Waals surface area contributed by atoms with E-state index in [4.69, 9.17) is 0 Å². The van der Waals surface area contributed by atoms with Gasteiger partial charge >= 0.3 is 0 Å². The highest BCUT2D eigenvalue weighted by Gasteiger charge is 2.39. The van der Waals surface area contributed by atoms with Crippen molar-refractivity contribution in [3.63, 3.8) is 0 Å². The minimum Gasteiger partial charge on any atom is -0.299 e. The molecule has 3 unspecified atom stereocenters. The van der Waals surface area contributed by atoms with Crippen molar-refractivity contribution in [2.45, 2.75) is 32.1 Å². The SMILES string of the molecule is O=C(CC1CC2CCC1C2)NNc1ccccc1. The molecule has 0 aliphatic heterocycles. The van der Waals surface area contributed by atoms with Gasteiger partial charge in [0, 0.05) is 6.42 Å². The van der Waals surface area contributed by atoms with Gasteiger partial charge in [-0.1, -0.05) is 24.6 Å². The Bertz CT molecular complexity index is 418. The van der Waals surface area contributed by atoms with E-state index in [0.717, 1.165) is 17.5 Å². The molecule has 2 bridgehead atoms. The second kappa shape index (κ2) is 5.01. The Kier molecular flexibility index (Phi) is 3.22. The third-order valence-electron chi connectivity index (χ3n) is 4.45. The Morgan fingerprint density at radius 3 is 2.67 bits per heavy atom. The third-order valence-corrected chi connectivity index (χ3v) is 4.45. The molecule has 0 spiro atoms. The van der Waals surface area contributed by atoms with Crippen molar-refractivity contribution >= 4 is 11.6 Å². The molecule has 0 heterocycles. The van der Waals surface area contributed by atoms with Crippen molar-refractivity contribution in [3.05, 3.63) is 30.3 Å². The Balaban J connectivity index is 1.45. The largest absolute Gasteiger partial charge is 0.299 e. The molecule has 3 atom stereocenters. The van der Waals surface area contributed by atoms with Crippen LogP contribution in [0.5, 0.6) is 0 Å². The number of rotatable bonds is 4. The van der Waals surface area contributed by atoms with Crippen molar-refractivity contribution in [2.75, 3.05) is 5.43 Å². The molecule has 2 N–H and O–H groups in total. The minimum absolute atomic E-state index is 0.122. The summed E-state index contributed by atoms with van der Waals surface area (Å²) in [5.41, 5.74) is 6.69. The summed E-state index contributed by atoms with van der Waals surface area (Å²) in [5.74, 6) is 2.48. The van der Waals surface area contributed by atoms with Gasteiger partial charge in [-0.2, -0.15) is 0 Å². The monoisotopic (exact) mass is 244 g/mol. The van der Waals surface area contributed by atoms with E-state index >= 15 is 0 Å². The van der Waals surface area contributed by atoms with E-state index in [-0.39, 0.29) is 5.91 Å². The van der Waals surface area contributed by atoms with Crippen LogP contribution in [-0.2, 0) is 4.79 Å². The van der Waals surface area contributed by atoms with E-state index in [1.807, 2.05) is 30.3 Å². The number of carbonyl (C=O) groups excluding carboxylic acids is 1. The van der Waals surface area contributed by atoms with Gasteiger partial charge in [0.05, 0.1) is 5.69 Å².